The van der Waals surface area contributed by atoms with Crippen molar-refractivity contribution in [2.45, 2.75) is 56.5 Å². The number of carbonyl (C=O) groups is 1. The number of allylic oxidation sites excluding steroid dienone is 1. The lowest BCUT2D eigenvalue weighted by atomic mass is 9.73. The van der Waals surface area contributed by atoms with Gasteiger partial charge in [-0.2, -0.15) is 18.3 Å². The van der Waals surface area contributed by atoms with Crippen LogP contribution >= 0.6 is 0 Å². The van der Waals surface area contributed by atoms with Crippen molar-refractivity contribution < 1.29 is 32.9 Å². The van der Waals surface area contributed by atoms with E-state index in [2.05, 4.69) is 11.2 Å². The van der Waals surface area contributed by atoms with Crippen LogP contribution in [0.3, 0.4) is 0 Å². The van der Waals surface area contributed by atoms with E-state index in [1.165, 1.54) is 34.7 Å². The lowest BCUT2D eigenvalue weighted by molar-refractivity contribution is -0.246. The number of benzene rings is 2. The van der Waals surface area contributed by atoms with Crippen LogP contribution in [0, 0.1) is 17.3 Å². The molecule has 2 aromatic carbocycles. The van der Waals surface area contributed by atoms with Crippen LogP contribution in [0.25, 0.3) is 22.3 Å². The van der Waals surface area contributed by atoms with Gasteiger partial charge in [0.2, 0.25) is 11.5 Å². The Labute approximate surface area is 234 Å². The number of halogens is 3. The summed E-state index contributed by atoms with van der Waals surface area (Å²) in [6.07, 6.45) is 4.31. The number of aromatic nitrogens is 2. The Bertz CT molecular complexity index is 1600. The number of hydrogen-bond donors (Lipinski definition) is 3. The molecule has 3 aromatic rings. The molecule has 2 fully saturated rings. The average Bonchev–Trinajstić information content (AvgIpc) is 3.62. The van der Waals surface area contributed by atoms with Gasteiger partial charge in [0.05, 0.1) is 18.9 Å². The maximum absolute atomic E-state index is 14.6. The van der Waals surface area contributed by atoms with E-state index < -0.39 is 17.7 Å². The van der Waals surface area contributed by atoms with Crippen molar-refractivity contribution >= 4 is 5.91 Å². The number of aliphatic hydroxyl groups excluding tert-OH is 1. The van der Waals surface area contributed by atoms with Gasteiger partial charge in [0.15, 0.2) is 0 Å². The van der Waals surface area contributed by atoms with Crippen LogP contribution in [0.15, 0.2) is 60.4 Å². The zero-order valence-corrected chi connectivity index (χ0v) is 22.2. The number of rotatable bonds is 7. The second-order valence-electron chi connectivity index (χ2n) is 12.1. The molecule has 1 amide bonds. The zero-order chi connectivity index (χ0) is 28.7. The monoisotopic (exact) mass is 565 g/mol. The van der Waals surface area contributed by atoms with Crippen LogP contribution in [-0.2, 0) is 16.9 Å². The van der Waals surface area contributed by atoms with Gasteiger partial charge in [-0.25, -0.2) is 0 Å². The fourth-order valence-electron chi connectivity index (χ4n) is 7.92. The molecule has 7 nitrogen and oxygen atoms in total. The number of nitrogens with two attached hydrogens (primary N) is 1. The van der Waals surface area contributed by atoms with Gasteiger partial charge in [-0.05, 0) is 83.8 Å². The summed E-state index contributed by atoms with van der Waals surface area (Å²) in [4.78, 5) is 11.4. The normalized spacial score (nSPS) is 29.3. The number of alkyl halides is 3. The number of nitrogens with zero attached hydrogens (tertiary/aromatic N) is 2. The van der Waals surface area contributed by atoms with Crippen LogP contribution in [0.1, 0.15) is 43.2 Å². The number of primary amides is 1. The van der Waals surface area contributed by atoms with Gasteiger partial charge in [-0.15, -0.1) is 0 Å². The van der Waals surface area contributed by atoms with Crippen molar-refractivity contribution in [3.63, 3.8) is 0 Å². The number of aliphatic hydroxyl groups is 2. The van der Waals surface area contributed by atoms with Crippen LogP contribution < -0.4 is 10.5 Å². The molecular weight excluding hydrogens is 535 g/mol. The third-order valence-corrected chi connectivity index (χ3v) is 9.69. The van der Waals surface area contributed by atoms with E-state index in [4.69, 9.17) is 10.5 Å². The van der Waals surface area contributed by atoms with E-state index in [9.17, 15) is 28.2 Å². The molecule has 0 radical (unpaired) electrons. The van der Waals surface area contributed by atoms with E-state index in [1.54, 1.807) is 24.4 Å². The third-order valence-electron chi connectivity index (χ3n) is 9.69. The Morgan fingerprint density at radius 1 is 1.17 bits per heavy atom. The first-order chi connectivity index (χ1) is 19.5. The molecule has 5 atom stereocenters. The number of carbonyl (C=O) groups excluding carboxylic acids is 1. The molecule has 0 saturated heterocycles. The van der Waals surface area contributed by atoms with E-state index in [1.807, 2.05) is 0 Å². The first kappa shape index (κ1) is 26.3. The number of hydrogen-bond acceptors (Lipinski definition) is 5. The smallest absolute Gasteiger partial charge is 0.425 e. The van der Waals surface area contributed by atoms with Gasteiger partial charge in [-0.1, -0.05) is 30.3 Å². The lowest BCUT2D eigenvalue weighted by Gasteiger charge is -2.33. The summed E-state index contributed by atoms with van der Waals surface area (Å²) in [7, 11) is 0. The van der Waals surface area contributed by atoms with Gasteiger partial charge in [0.25, 0.3) is 0 Å². The van der Waals surface area contributed by atoms with Crippen LogP contribution in [0.5, 0.6) is 5.75 Å². The highest BCUT2D eigenvalue weighted by Gasteiger charge is 2.61. The minimum Gasteiger partial charge on any atom is -0.494 e. The largest absolute Gasteiger partial charge is 0.494 e. The minimum absolute atomic E-state index is 0.0668. The molecular formula is C31H30F3N3O4. The van der Waals surface area contributed by atoms with Gasteiger partial charge in [-0.3, -0.25) is 9.48 Å². The molecule has 4 aliphatic carbocycles. The molecule has 2 saturated carbocycles. The topological polar surface area (TPSA) is 111 Å². The Morgan fingerprint density at radius 2 is 1.98 bits per heavy atom. The van der Waals surface area contributed by atoms with E-state index in [0.29, 0.717) is 29.6 Å². The summed E-state index contributed by atoms with van der Waals surface area (Å²) < 4.78 is 51.4. The van der Waals surface area contributed by atoms with Crippen molar-refractivity contribution in [3.05, 3.63) is 71.6 Å². The molecule has 0 spiro atoms. The first-order valence-electron chi connectivity index (χ1n) is 13.9. The molecule has 4 aliphatic rings. The highest BCUT2D eigenvalue weighted by Crippen LogP contribution is 2.62. The molecule has 7 rings (SSSR count). The Kier molecular flexibility index (Phi) is 5.73. The van der Waals surface area contributed by atoms with E-state index in [0.717, 1.165) is 32.1 Å². The number of ether oxygens (including phenoxy) is 1. The summed E-state index contributed by atoms with van der Waals surface area (Å²) >= 11 is 0. The highest BCUT2D eigenvalue weighted by atomic mass is 19.4. The van der Waals surface area contributed by atoms with Crippen molar-refractivity contribution in [3.8, 4) is 28.0 Å². The number of fused-ring (bicyclic) bond motifs is 4. The van der Waals surface area contributed by atoms with Gasteiger partial charge in [0, 0.05) is 22.9 Å². The van der Waals surface area contributed by atoms with Crippen molar-refractivity contribution in [2.75, 3.05) is 6.61 Å². The quantitative estimate of drug-likeness (QED) is 0.360. The van der Waals surface area contributed by atoms with Crippen molar-refractivity contribution in [2.24, 2.45) is 23.0 Å². The maximum atomic E-state index is 14.6. The minimum atomic E-state index is -4.99. The zero-order valence-electron chi connectivity index (χ0n) is 22.2. The maximum Gasteiger partial charge on any atom is 0.425 e. The van der Waals surface area contributed by atoms with Crippen molar-refractivity contribution in [1.29, 1.82) is 0 Å². The van der Waals surface area contributed by atoms with E-state index in [-0.39, 0.29) is 46.1 Å². The second-order valence-corrected chi connectivity index (χ2v) is 12.1. The standard InChI is InChI=1S/C31H30F3N3O4/c32-31(33,34)30(40)24-4-2-1-3-21(24)28-22(18-14-36-37(15-18)16-27(35)39)10-19(11-25(28)30)41-8-7-29-6-5-20-23(13-29)17(12-29)9-26(20)38/h1-5,10-11,14-15,17,23,26,38,40H,6-9,12-13,16H2,(H2,35,39)/t17?,23?,26?,29?,30-/m1/s1. The average molecular weight is 566 g/mol. The molecule has 214 valence electrons. The predicted molar refractivity (Wildman–Crippen MR) is 143 cm³/mol. The summed E-state index contributed by atoms with van der Waals surface area (Å²) in [5, 5.41) is 25.8. The Balaban J connectivity index is 1.26. The molecule has 10 heteroatoms. The summed E-state index contributed by atoms with van der Waals surface area (Å²) in [6.45, 7) is 0.125. The fourth-order valence-corrected chi connectivity index (χ4v) is 7.92. The molecule has 4 N–H and O–H groups in total. The Morgan fingerprint density at radius 3 is 2.76 bits per heavy atom. The molecule has 2 bridgehead atoms. The SMILES string of the molecule is NC(=O)Cn1cc(-c2cc(OCCC34CC=C5C(O)CC(C3)C5C4)cc3c2-c2ccccc2[C@]3(O)C(F)(F)F)cn1. The van der Waals surface area contributed by atoms with Crippen molar-refractivity contribution in [1.82, 2.24) is 9.78 Å². The molecule has 1 heterocycles. The van der Waals surface area contributed by atoms with Crippen LogP contribution in [-0.4, -0.2) is 44.8 Å². The summed E-state index contributed by atoms with van der Waals surface area (Å²) in [5.41, 5.74) is 4.20. The highest BCUT2D eigenvalue weighted by molar-refractivity contribution is 5.93. The summed E-state index contributed by atoms with van der Waals surface area (Å²) in [6, 6.07) is 8.95. The molecule has 1 aromatic heterocycles. The van der Waals surface area contributed by atoms with Crippen LogP contribution in [0.2, 0.25) is 0 Å². The lowest BCUT2D eigenvalue weighted by Crippen LogP contribution is -2.41. The molecule has 4 unspecified atom stereocenters. The van der Waals surface area contributed by atoms with Gasteiger partial charge in [0.1, 0.15) is 12.3 Å². The third kappa shape index (κ3) is 3.94. The second kappa shape index (κ2) is 8.93. The number of amides is 1. The molecule has 0 aliphatic heterocycles. The first-order valence-corrected chi connectivity index (χ1v) is 13.9. The predicted octanol–water partition coefficient (Wildman–Crippen LogP) is 4.69. The summed E-state index contributed by atoms with van der Waals surface area (Å²) in [5.74, 6) is 0.507. The van der Waals surface area contributed by atoms with Gasteiger partial charge < -0.3 is 20.7 Å². The fraction of sp³-hybridized carbons (Fsp3) is 0.419. The van der Waals surface area contributed by atoms with E-state index >= 15 is 0 Å². The van der Waals surface area contributed by atoms with Crippen LogP contribution in [0.4, 0.5) is 13.2 Å². The molecule has 41 heavy (non-hydrogen) atoms. The van der Waals surface area contributed by atoms with Gasteiger partial charge >= 0.3 is 6.18 Å². The Hall–Kier alpha value is -3.63.